The molecule has 1 aromatic carbocycles. The van der Waals surface area contributed by atoms with Crippen LogP contribution in [0.25, 0.3) is 0 Å². The fourth-order valence-electron chi connectivity index (χ4n) is 2.24. The molecule has 1 fully saturated rings. The normalized spacial score (nSPS) is 20.5. The maximum Gasteiger partial charge on any atom is 0.319 e. The molecule has 0 saturated carbocycles. The summed E-state index contributed by atoms with van der Waals surface area (Å²) in [6.45, 7) is 3.57. The highest BCUT2D eigenvalue weighted by Crippen LogP contribution is 2.31. The molecule has 2 amide bonds. The van der Waals surface area contributed by atoms with Gasteiger partial charge in [0.1, 0.15) is 18.3 Å². The van der Waals surface area contributed by atoms with Crippen LogP contribution in [-0.2, 0) is 9.53 Å². The lowest BCUT2D eigenvalue weighted by atomic mass is 9.89. The molecular weight excluding hydrogens is 289 g/mol. The lowest BCUT2D eigenvalue weighted by molar-refractivity contribution is -0.148. The van der Waals surface area contributed by atoms with E-state index in [-0.39, 0.29) is 24.3 Å². The highest BCUT2D eigenvalue weighted by molar-refractivity contribution is 5.85. The van der Waals surface area contributed by atoms with Gasteiger partial charge in [0, 0.05) is 11.3 Å². The van der Waals surface area contributed by atoms with Gasteiger partial charge in [0.15, 0.2) is 0 Å². The molecule has 1 aromatic rings. The van der Waals surface area contributed by atoms with Crippen LogP contribution < -0.4 is 10.6 Å². The number of amides is 2. The number of halogens is 1. The molecule has 0 unspecified atom stereocenters. The predicted molar refractivity (Wildman–Crippen MR) is 74.6 cm³/mol. The molecule has 22 heavy (non-hydrogen) atoms. The first-order chi connectivity index (χ1) is 10.5. The number of hydrogen-bond donors (Lipinski definition) is 2. The summed E-state index contributed by atoms with van der Waals surface area (Å²) in [5, 5.41) is 13.4. The Morgan fingerprint density at radius 2 is 2.18 bits per heavy atom. The van der Waals surface area contributed by atoms with Gasteiger partial charge < -0.3 is 15.4 Å². The number of nitrogens with one attached hydrogen (secondary N) is 2. The van der Waals surface area contributed by atoms with Crippen molar-refractivity contribution in [2.75, 3.05) is 6.61 Å². The van der Waals surface area contributed by atoms with E-state index in [2.05, 4.69) is 17.2 Å². The summed E-state index contributed by atoms with van der Waals surface area (Å²) in [6.07, 6.45) is 0.0507. The van der Waals surface area contributed by atoms with Gasteiger partial charge in [-0.15, -0.1) is 0 Å². The molecule has 2 rings (SSSR count). The first-order valence-electron chi connectivity index (χ1n) is 6.59. The lowest BCUT2D eigenvalue weighted by Gasteiger charge is -2.33. The number of benzene rings is 1. The van der Waals surface area contributed by atoms with Gasteiger partial charge in [-0.05, 0) is 6.07 Å². The third kappa shape index (κ3) is 3.23. The number of ether oxygens (including phenoxy) is 1. The summed E-state index contributed by atoms with van der Waals surface area (Å²) < 4.78 is 19.0. The van der Waals surface area contributed by atoms with Gasteiger partial charge in [-0.1, -0.05) is 24.8 Å². The van der Waals surface area contributed by atoms with E-state index in [0.717, 1.165) is 0 Å². The van der Waals surface area contributed by atoms with E-state index in [4.69, 9.17) is 10.00 Å². The predicted octanol–water partition coefficient (Wildman–Crippen LogP) is 1.77. The van der Waals surface area contributed by atoms with Crippen molar-refractivity contribution in [2.45, 2.75) is 12.5 Å². The van der Waals surface area contributed by atoms with Crippen LogP contribution in [0.15, 0.2) is 36.5 Å². The monoisotopic (exact) mass is 303 g/mol. The van der Waals surface area contributed by atoms with Crippen LogP contribution in [-0.4, -0.2) is 18.6 Å². The second-order valence-corrected chi connectivity index (χ2v) is 4.68. The van der Waals surface area contributed by atoms with E-state index in [1.807, 2.05) is 6.07 Å². The van der Waals surface area contributed by atoms with Crippen molar-refractivity contribution >= 4 is 12.0 Å². The molecule has 0 bridgehead atoms. The van der Waals surface area contributed by atoms with Crippen molar-refractivity contribution in [3.05, 3.63) is 47.9 Å². The van der Waals surface area contributed by atoms with Gasteiger partial charge in [0.05, 0.1) is 18.5 Å². The number of carbonyl (C=O) groups excluding carboxylic acids is 2. The highest BCUT2D eigenvalue weighted by atomic mass is 19.1. The molecule has 2 N–H and O–H groups in total. The summed E-state index contributed by atoms with van der Waals surface area (Å²) in [5.41, 5.74) is 0.291. The molecule has 2 atom stereocenters. The van der Waals surface area contributed by atoms with Crippen LogP contribution in [0, 0.1) is 23.1 Å². The molecule has 1 aliphatic rings. The zero-order valence-corrected chi connectivity index (χ0v) is 11.6. The van der Waals surface area contributed by atoms with Crippen molar-refractivity contribution < 1.29 is 18.7 Å². The van der Waals surface area contributed by atoms with Gasteiger partial charge in [-0.3, -0.25) is 4.79 Å². The molecular formula is C15H14FN3O3. The van der Waals surface area contributed by atoms with E-state index in [0.29, 0.717) is 0 Å². The van der Waals surface area contributed by atoms with Crippen LogP contribution in [0.2, 0.25) is 0 Å². The molecule has 1 aliphatic heterocycles. The SMILES string of the molecule is C=C1NC(=O)N[C@H](c2ccccc2F)[C@H]1C(=O)OCCC#N. The van der Waals surface area contributed by atoms with Crippen molar-refractivity contribution in [2.24, 2.45) is 5.92 Å². The molecule has 7 heteroatoms. The largest absolute Gasteiger partial charge is 0.464 e. The zero-order chi connectivity index (χ0) is 16.1. The van der Waals surface area contributed by atoms with Gasteiger partial charge in [0.2, 0.25) is 0 Å². The fraction of sp³-hybridized carbons (Fsp3) is 0.267. The fourth-order valence-corrected chi connectivity index (χ4v) is 2.24. The molecule has 0 radical (unpaired) electrons. The lowest BCUT2D eigenvalue weighted by Crippen LogP contribution is -2.51. The maximum absolute atomic E-state index is 14.0. The first kappa shape index (κ1) is 15.5. The minimum Gasteiger partial charge on any atom is -0.464 e. The van der Waals surface area contributed by atoms with Crippen molar-refractivity contribution in [3.8, 4) is 6.07 Å². The Morgan fingerprint density at radius 3 is 2.86 bits per heavy atom. The van der Waals surface area contributed by atoms with E-state index in [1.54, 1.807) is 6.07 Å². The number of nitrogens with zero attached hydrogens (tertiary/aromatic N) is 1. The molecule has 1 heterocycles. The topological polar surface area (TPSA) is 91.2 Å². The van der Waals surface area contributed by atoms with E-state index in [1.165, 1.54) is 18.2 Å². The van der Waals surface area contributed by atoms with E-state index >= 15 is 0 Å². The number of urea groups is 1. The molecule has 6 nitrogen and oxygen atoms in total. The summed E-state index contributed by atoms with van der Waals surface area (Å²) in [7, 11) is 0. The standard InChI is InChI=1S/C15H14FN3O3/c1-9-12(14(20)22-8-4-7-17)13(19-15(21)18-9)10-5-2-3-6-11(10)16/h2-3,5-6,12-13H,1,4,8H2,(H2,18,19,21)/t12-,13+/m0/s1. The van der Waals surface area contributed by atoms with Crippen LogP contribution in [0.4, 0.5) is 9.18 Å². The third-order valence-corrected chi connectivity index (χ3v) is 3.22. The number of carbonyl (C=O) groups is 2. The van der Waals surface area contributed by atoms with Crippen molar-refractivity contribution in [1.29, 1.82) is 5.26 Å². The average Bonchev–Trinajstić information content (AvgIpc) is 2.47. The minimum absolute atomic E-state index is 0.0507. The maximum atomic E-state index is 14.0. The zero-order valence-electron chi connectivity index (χ0n) is 11.6. The molecule has 0 aromatic heterocycles. The van der Waals surface area contributed by atoms with Crippen molar-refractivity contribution in [1.82, 2.24) is 10.6 Å². The Labute approximate surface area is 126 Å². The minimum atomic E-state index is -0.978. The molecule has 114 valence electrons. The Balaban J connectivity index is 2.28. The molecule has 1 saturated heterocycles. The number of nitriles is 1. The average molecular weight is 303 g/mol. The Hall–Kier alpha value is -2.88. The van der Waals surface area contributed by atoms with Crippen molar-refractivity contribution in [3.63, 3.8) is 0 Å². The van der Waals surface area contributed by atoms with E-state index in [9.17, 15) is 14.0 Å². The third-order valence-electron chi connectivity index (χ3n) is 3.22. The van der Waals surface area contributed by atoms with Gasteiger partial charge in [0.25, 0.3) is 0 Å². The Bertz CT molecular complexity index is 654. The summed E-state index contributed by atoms with van der Waals surface area (Å²) >= 11 is 0. The highest BCUT2D eigenvalue weighted by Gasteiger charge is 2.39. The second-order valence-electron chi connectivity index (χ2n) is 4.68. The number of hydrogen-bond acceptors (Lipinski definition) is 4. The quantitative estimate of drug-likeness (QED) is 0.655. The van der Waals surface area contributed by atoms with E-state index < -0.39 is 29.8 Å². The number of esters is 1. The smallest absolute Gasteiger partial charge is 0.319 e. The number of rotatable bonds is 4. The first-order valence-corrected chi connectivity index (χ1v) is 6.59. The summed E-state index contributed by atoms with van der Waals surface area (Å²) in [5.74, 6) is -2.20. The van der Waals surface area contributed by atoms with Crippen LogP contribution in [0.5, 0.6) is 0 Å². The second kappa shape index (κ2) is 6.72. The molecule has 0 aliphatic carbocycles. The summed E-state index contributed by atoms with van der Waals surface area (Å²) in [4.78, 5) is 23.8. The van der Waals surface area contributed by atoms with Gasteiger partial charge >= 0.3 is 12.0 Å². The van der Waals surface area contributed by atoms with Gasteiger partial charge in [-0.2, -0.15) is 5.26 Å². The summed E-state index contributed by atoms with van der Waals surface area (Å²) in [6, 6.07) is 6.20. The van der Waals surface area contributed by atoms with Crippen LogP contribution in [0.1, 0.15) is 18.0 Å². The van der Waals surface area contributed by atoms with Crippen LogP contribution in [0.3, 0.4) is 0 Å². The Kier molecular flexibility index (Phi) is 4.73. The van der Waals surface area contributed by atoms with Gasteiger partial charge in [-0.25, -0.2) is 9.18 Å². The Morgan fingerprint density at radius 1 is 1.45 bits per heavy atom. The molecule has 0 spiro atoms. The van der Waals surface area contributed by atoms with Crippen LogP contribution >= 0.6 is 0 Å².